The smallest absolute Gasteiger partial charge is 0.272 e. The lowest BCUT2D eigenvalue weighted by Crippen LogP contribution is -2.30. The molecule has 0 aliphatic heterocycles. The number of rotatable bonds is 7. The highest BCUT2D eigenvalue weighted by atomic mass is 16.5. The zero-order valence-corrected chi connectivity index (χ0v) is 18.2. The van der Waals surface area contributed by atoms with E-state index in [0.717, 1.165) is 10.9 Å². The Morgan fingerprint density at radius 2 is 1.73 bits per heavy atom. The van der Waals surface area contributed by atoms with E-state index < -0.39 is 11.8 Å². The van der Waals surface area contributed by atoms with Crippen LogP contribution in [0.5, 0.6) is 11.5 Å². The van der Waals surface area contributed by atoms with E-state index in [4.69, 9.17) is 9.47 Å². The quantitative estimate of drug-likeness (QED) is 0.366. The van der Waals surface area contributed by atoms with Crippen LogP contribution in [0.2, 0.25) is 0 Å². The number of hydrogen-bond donors (Lipinski definition) is 3. The first-order chi connectivity index (χ1) is 16.1. The van der Waals surface area contributed by atoms with Crippen molar-refractivity contribution in [2.45, 2.75) is 0 Å². The van der Waals surface area contributed by atoms with Gasteiger partial charge in [-0.2, -0.15) is 0 Å². The van der Waals surface area contributed by atoms with Gasteiger partial charge in [-0.1, -0.05) is 24.3 Å². The molecule has 7 nitrogen and oxygen atoms in total. The molecule has 0 saturated heterocycles. The number of aromatic nitrogens is 1. The minimum atomic E-state index is -0.477. The number of carbonyl (C=O) groups excluding carboxylic acids is 2. The number of ether oxygens (including phenoxy) is 2. The number of carbonyl (C=O) groups is 2. The molecule has 0 atom stereocenters. The van der Waals surface area contributed by atoms with E-state index in [1.165, 1.54) is 7.11 Å². The molecule has 0 aliphatic carbocycles. The Morgan fingerprint density at radius 3 is 2.48 bits per heavy atom. The van der Waals surface area contributed by atoms with Crippen LogP contribution in [0, 0.1) is 0 Å². The molecule has 0 saturated carbocycles. The lowest BCUT2D eigenvalue weighted by Gasteiger charge is -2.13. The Bertz CT molecular complexity index is 1330. The number of H-pyrrole nitrogens is 1. The molecule has 1 aromatic heterocycles. The second-order valence-electron chi connectivity index (χ2n) is 7.22. The van der Waals surface area contributed by atoms with Gasteiger partial charge in [0.2, 0.25) is 0 Å². The molecule has 0 radical (unpaired) electrons. The van der Waals surface area contributed by atoms with Crippen LogP contribution < -0.4 is 20.1 Å². The van der Waals surface area contributed by atoms with Gasteiger partial charge < -0.3 is 25.1 Å². The van der Waals surface area contributed by atoms with Gasteiger partial charge in [-0.05, 0) is 60.0 Å². The van der Waals surface area contributed by atoms with Gasteiger partial charge in [-0.25, -0.2) is 0 Å². The summed E-state index contributed by atoms with van der Waals surface area (Å²) < 4.78 is 10.7. The number of methoxy groups -OCH3 is 2. The highest BCUT2D eigenvalue weighted by Crippen LogP contribution is 2.26. The standard InChI is InChI=1S/C26H23N3O4/c1-32-21-10-11-24(33-2)19(14-21)15-23(29-25(30)18-6-4-3-5-7-18)26(31)28-20-9-8-17-12-13-27-22(17)16-20/h3-16,27H,1-2H3,(H,28,31)(H,29,30)/b23-15+. The highest BCUT2D eigenvalue weighted by molar-refractivity contribution is 6.11. The predicted molar refractivity (Wildman–Crippen MR) is 128 cm³/mol. The third-order valence-electron chi connectivity index (χ3n) is 5.08. The zero-order valence-electron chi connectivity index (χ0n) is 18.2. The van der Waals surface area contributed by atoms with Crippen LogP contribution >= 0.6 is 0 Å². The number of hydrogen-bond acceptors (Lipinski definition) is 4. The Morgan fingerprint density at radius 1 is 0.909 bits per heavy atom. The minimum absolute atomic E-state index is 0.0574. The number of nitrogens with one attached hydrogen (secondary N) is 3. The Kier molecular flexibility index (Phi) is 6.40. The summed E-state index contributed by atoms with van der Waals surface area (Å²) in [5.74, 6) is 0.241. The van der Waals surface area contributed by atoms with Crippen LogP contribution in [0.3, 0.4) is 0 Å². The van der Waals surface area contributed by atoms with Crippen LogP contribution in [0.15, 0.2) is 84.7 Å². The van der Waals surface area contributed by atoms with Crippen molar-refractivity contribution in [3.05, 3.63) is 95.8 Å². The van der Waals surface area contributed by atoms with Gasteiger partial charge in [-0.15, -0.1) is 0 Å². The SMILES string of the molecule is COc1ccc(OC)c(/C=C(/NC(=O)c2ccccc2)C(=O)Nc2ccc3cc[nH]c3c2)c1. The largest absolute Gasteiger partial charge is 0.497 e. The molecule has 166 valence electrons. The summed E-state index contributed by atoms with van der Waals surface area (Å²) in [7, 11) is 3.09. The van der Waals surface area contributed by atoms with E-state index in [2.05, 4.69) is 15.6 Å². The van der Waals surface area contributed by atoms with E-state index in [-0.39, 0.29) is 5.70 Å². The lowest BCUT2D eigenvalue weighted by molar-refractivity contribution is -0.113. The van der Waals surface area contributed by atoms with Crippen molar-refractivity contribution in [2.75, 3.05) is 19.5 Å². The number of amides is 2. The minimum Gasteiger partial charge on any atom is -0.497 e. The van der Waals surface area contributed by atoms with Crippen molar-refractivity contribution >= 4 is 34.5 Å². The van der Waals surface area contributed by atoms with Gasteiger partial charge in [0.15, 0.2) is 0 Å². The third-order valence-corrected chi connectivity index (χ3v) is 5.08. The molecule has 1 heterocycles. The van der Waals surface area contributed by atoms with E-state index in [1.807, 2.05) is 30.5 Å². The van der Waals surface area contributed by atoms with Crippen molar-refractivity contribution < 1.29 is 19.1 Å². The monoisotopic (exact) mass is 441 g/mol. The van der Waals surface area contributed by atoms with E-state index in [1.54, 1.807) is 61.7 Å². The van der Waals surface area contributed by atoms with Gasteiger partial charge >= 0.3 is 0 Å². The first-order valence-corrected chi connectivity index (χ1v) is 10.3. The first kappa shape index (κ1) is 21.7. The van der Waals surface area contributed by atoms with Gasteiger partial charge in [0.05, 0.1) is 14.2 Å². The van der Waals surface area contributed by atoms with Crippen LogP contribution in [-0.4, -0.2) is 31.0 Å². The molecule has 4 rings (SSSR count). The molecule has 3 N–H and O–H groups in total. The maximum Gasteiger partial charge on any atom is 0.272 e. The fraction of sp³-hybridized carbons (Fsp3) is 0.0769. The summed E-state index contributed by atoms with van der Waals surface area (Å²) in [6, 6.07) is 21.4. The average Bonchev–Trinajstić information content (AvgIpc) is 3.32. The van der Waals surface area contributed by atoms with Crippen molar-refractivity contribution in [1.29, 1.82) is 0 Å². The van der Waals surface area contributed by atoms with Crippen molar-refractivity contribution in [1.82, 2.24) is 10.3 Å². The fourth-order valence-corrected chi connectivity index (χ4v) is 3.37. The summed E-state index contributed by atoms with van der Waals surface area (Å²) in [4.78, 5) is 29.2. The molecular weight excluding hydrogens is 418 g/mol. The number of aromatic amines is 1. The Balaban J connectivity index is 1.69. The van der Waals surface area contributed by atoms with Crippen LogP contribution in [0.25, 0.3) is 17.0 Å². The summed E-state index contributed by atoms with van der Waals surface area (Å²) in [5.41, 5.74) is 2.55. The molecule has 7 heteroatoms. The summed E-state index contributed by atoms with van der Waals surface area (Å²) >= 11 is 0. The van der Waals surface area contributed by atoms with E-state index in [0.29, 0.717) is 28.3 Å². The van der Waals surface area contributed by atoms with Crippen molar-refractivity contribution in [3.63, 3.8) is 0 Å². The predicted octanol–water partition coefficient (Wildman–Crippen LogP) is 4.59. The molecule has 33 heavy (non-hydrogen) atoms. The first-order valence-electron chi connectivity index (χ1n) is 10.3. The van der Waals surface area contributed by atoms with E-state index >= 15 is 0 Å². The topological polar surface area (TPSA) is 92.4 Å². The van der Waals surface area contributed by atoms with Gasteiger partial charge in [0.1, 0.15) is 17.2 Å². The van der Waals surface area contributed by atoms with Gasteiger partial charge in [0.25, 0.3) is 11.8 Å². The molecule has 0 bridgehead atoms. The molecule has 2 amide bonds. The number of benzene rings is 3. The van der Waals surface area contributed by atoms with Crippen LogP contribution in [0.4, 0.5) is 5.69 Å². The van der Waals surface area contributed by atoms with Crippen LogP contribution in [-0.2, 0) is 4.79 Å². The number of anilines is 1. The van der Waals surface area contributed by atoms with Crippen molar-refractivity contribution in [3.8, 4) is 11.5 Å². The Hall–Kier alpha value is -4.52. The van der Waals surface area contributed by atoms with E-state index in [9.17, 15) is 9.59 Å². The van der Waals surface area contributed by atoms with Gasteiger partial charge in [-0.3, -0.25) is 9.59 Å². The maximum absolute atomic E-state index is 13.2. The second-order valence-corrected chi connectivity index (χ2v) is 7.22. The van der Waals surface area contributed by atoms with Gasteiger partial charge in [0, 0.05) is 28.5 Å². The molecule has 0 unspecified atom stereocenters. The third kappa shape index (κ3) is 5.04. The lowest BCUT2D eigenvalue weighted by atomic mass is 10.1. The highest BCUT2D eigenvalue weighted by Gasteiger charge is 2.17. The summed E-state index contributed by atoms with van der Waals surface area (Å²) in [5, 5.41) is 6.61. The zero-order chi connectivity index (χ0) is 23.2. The Labute approximate surface area is 191 Å². The molecule has 3 aromatic carbocycles. The molecule has 0 spiro atoms. The summed E-state index contributed by atoms with van der Waals surface area (Å²) in [6.07, 6.45) is 3.39. The maximum atomic E-state index is 13.2. The normalized spacial score (nSPS) is 11.2. The fourth-order valence-electron chi connectivity index (χ4n) is 3.37. The van der Waals surface area contributed by atoms with Crippen LogP contribution in [0.1, 0.15) is 15.9 Å². The molecular formula is C26H23N3O4. The molecule has 0 fully saturated rings. The van der Waals surface area contributed by atoms with Crippen molar-refractivity contribution in [2.24, 2.45) is 0 Å². The second kappa shape index (κ2) is 9.74. The average molecular weight is 441 g/mol. The number of fused-ring (bicyclic) bond motifs is 1. The molecule has 4 aromatic rings. The molecule has 0 aliphatic rings. The summed E-state index contributed by atoms with van der Waals surface area (Å²) in [6.45, 7) is 0.